The smallest absolute Gasteiger partial charge is 0.131 e. The Morgan fingerprint density at radius 1 is 1.36 bits per heavy atom. The lowest BCUT2D eigenvalue weighted by molar-refractivity contribution is 0.160. The molecule has 1 aliphatic rings. The quantitative estimate of drug-likeness (QED) is 0.793. The van der Waals surface area contributed by atoms with Gasteiger partial charge in [-0.1, -0.05) is 12.1 Å². The van der Waals surface area contributed by atoms with Crippen LogP contribution in [0.15, 0.2) is 30.9 Å². The Kier molecular flexibility index (Phi) is 10.4. The van der Waals surface area contributed by atoms with Gasteiger partial charge in [0.05, 0.1) is 7.11 Å². The highest BCUT2D eigenvalue weighted by Crippen LogP contribution is 2.35. The molecule has 1 heterocycles. The summed E-state index contributed by atoms with van der Waals surface area (Å²) in [7, 11) is 1.60. The Labute approximate surface area is 144 Å². The number of halogens is 3. The number of methoxy groups -OCH3 is 1. The zero-order chi connectivity index (χ0) is 14.4. The fourth-order valence-electron chi connectivity index (χ4n) is 2.80. The molecule has 0 aromatic heterocycles. The van der Waals surface area contributed by atoms with Crippen molar-refractivity contribution in [1.29, 1.82) is 0 Å². The summed E-state index contributed by atoms with van der Waals surface area (Å²) < 4.78 is 19.7. The minimum absolute atomic E-state index is 0. The summed E-state index contributed by atoms with van der Waals surface area (Å²) in [6.45, 7) is 7.53. The number of benzene rings is 1. The van der Waals surface area contributed by atoms with Crippen molar-refractivity contribution >= 4 is 24.8 Å². The van der Waals surface area contributed by atoms with Gasteiger partial charge < -0.3 is 10.1 Å². The highest BCUT2D eigenvalue weighted by molar-refractivity contribution is 5.85. The van der Waals surface area contributed by atoms with Crippen molar-refractivity contribution in [1.82, 2.24) is 10.2 Å². The van der Waals surface area contributed by atoms with E-state index in [-0.39, 0.29) is 36.7 Å². The lowest BCUT2D eigenvalue weighted by Gasteiger charge is -2.35. The largest absolute Gasteiger partial charge is 0.496 e. The van der Waals surface area contributed by atoms with Gasteiger partial charge in [0.1, 0.15) is 11.6 Å². The van der Waals surface area contributed by atoms with Gasteiger partial charge in [-0.2, -0.15) is 0 Å². The van der Waals surface area contributed by atoms with Crippen LogP contribution < -0.4 is 10.1 Å². The molecule has 22 heavy (non-hydrogen) atoms. The molecule has 2 rings (SSSR count). The predicted molar refractivity (Wildman–Crippen MR) is 94.1 cm³/mol. The first-order valence-electron chi connectivity index (χ1n) is 7.16. The van der Waals surface area contributed by atoms with Crippen molar-refractivity contribution in [3.05, 3.63) is 42.2 Å². The molecular formula is C16H25Cl2FN2O. The SMILES string of the molecule is C=CCC[C@H](c1c(F)cccc1OC)N1CCNCC1.Cl.Cl. The molecule has 0 saturated carbocycles. The monoisotopic (exact) mass is 350 g/mol. The van der Waals surface area contributed by atoms with Crippen LogP contribution >= 0.6 is 24.8 Å². The first kappa shape index (κ1) is 21.2. The summed E-state index contributed by atoms with van der Waals surface area (Å²) >= 11 is 0. The number of rotatable bonds is 6. The number of ether oxygens (including phenoxy) is 1. The van der Waals surface area contributed by atoms with Gasteiger partial charge in [0.25, 0.3) is 0 Å². The van der Waals surface area contributed by atoms with Gasteiger partial charge >= 0.3 is 0 Å². The first-order valence-corrected chi connectivity index (χ1v) is 7.16. The van der Waals surface area contributed by atoms with E-state index in [0.717, 1.165) is 39.0 Å². The van der Waals surface area contributed by atoms with Gasteiger partial charge in [-0.15, -0.1) is 31.4 Å². The van der Waals surface area contributed by atoms with Crippen LogP contribution in [0.1, 0.15) is 24.4 Å². The molecule has 1 atom stereocenters. The highest BCUT2D eigenvalue weighted by Gasteiger charge is 2.26. The van der Waals surface area contributed by atoms with E-state index in [9.17, 15) is 4.39 Å². The third kappa shape index (κ3) is 5.13. The van der Waals surface area contributed by atoms with Crippen molar-refractivity contribution in [3.63, 3.8) is 0 Å². The van der Waals surface area contributed by atoms with Gasteiger partial charge in [0.2, 0.25) is 0 Å². The zero-order valence-electron chi connectivity index (χ0n) is 12.9. The van der Waals surface area contributed by atoms with Crippen LogP contribution in [0.3, 0.4) is 0 Å². The Hall–Kier alpha value is -0.810. The molecule has 0 amide bonds. The number of allylic oxidation sites excluding steroid dienone is 1. The predicted octanol–water partition coefficient (Wildman–Crippen LogP) is 3.59. The normalized spacial score (nSPS) is 16.1. The molecule has 6 heteroatoms. The lowest BCUT2D eigenvalue weighted by Crippen LogP contribution is -2.45. The van der Waals surface area contributed by atoms with E-state index >= 15 is 0 Å². The summed E-state index contributed by atoms with van der Waals surface area (Å²) in [6, 6.07) is 5.09. The molecule has 0 radical (unpaired) electrons. The second kappa shape index (κ2) is 10.8. The second-order valence-electron chi connectivity index (χ2n) is 5.02. The van der Waals surface area contributed by atoms with Crippen molar-refractivity contribution < 1.29 is 9.13 Å². The van der Waals surface area contributed by atoms with Crippen LogP contribution in [-0.2, 0) is 0 Å². The van der Waals surface area contributed by atoms with E-state index < -0.39 is 0 Å². The van der Waals surface area contributed by atoms with Gasteiger partial charge in [0, 0.05) is 37.8 Å². The average Bonchev–Trinajstić information content (AvgIpc) is 2.50. The van der Waals surface area contributed by atoms with Gasteiger partial charge in [-0.05, 0) is 25.0 Å². The van der Waals surface area contributed by atoms with E-state index in [1.165, 1.54) is 6.07 Å². The molecule has 1 aromatic carbocycles. The topological polar surface area (TPSA) is 24.5 Å². The zero-order valence-corrected chi connectivity index (χ0v) is 14.5. The van der Waals surface area contributed by atoms with Crippen molar-refractivity contribution in [3.8, 4) is 5.75 Å². The number of nitrogens with one attached hydrogen (secondary N) is 1. The molecule has 1 saturated heterocycles. The second-order valence-corrected chi connectivity index (χ2v) is 5.02. The maximum absolute atomic E-state index is 14.3. The minimum Gasteiger partial charge on any atom is -0.496 e. The highest BCUT2D eigenvalue weighted by atomic mass is 35.5. The Morgan fingerprint density at radius 2 is 2.05 bits per heavy atom. The molecule has 1 aliphatic heterocycles. The van der Waals surface area contributed by atoms with Crippen molar-refractivity contribution in [2.75, 3.05) is 33.3 Å². The molecule has 0 aliphatic carbocycles. The Balaban J connectivity index is 0.00000220. The molecule has 0 unspecified atom stereocenters. The number of hydrogen-bond acceptors (Lipinski definition) is 3. The van der Waals surface area contributed by atoms with Gasteiger partial charge in [-0.3, -0.25) is 4.90 Å². The van der Waals surface area contributed by atoms with Crippen LogP contribution in [0.4, 0.5) is 4.39 Å². The third-order valence-electron chi connectivity index (χ3n) is 3.80. The van der Waals surface area contributed by atoms with Crippen LogP contribution in [0.5, 0.6) is 5.75 Å². The number of piperazine rings is 1. The van der Waals surface area contributed by atoms with E-state index in [1.54, 1.807) is 13.2 Å². The maximum Gasteiger partial charge on any atom is 0.131 e. The van der Waals surface area contributed by atoms with Crippen molar-refractivity contribution in [2.45, 2.75) is 18.9 Å². The van der Waals surface area contributed by atoms with Crippen molar-refractivity contribution in [2.24, 2.45) is 0 Å². The Morgan fingerprint density at radius 3 is 2.64 bits per heavy atom. The van der Waals surface area contributed by atoms with Crippen LogP contribution in [0.2, 0.25) is 0 Å². The molecule has 1 aromatic rings. The molecule has 1 fully saturated rings. The van der Waals surface area contributed by atoms with E-state index in [4.69, 9.17) is 4.74 Å². The first-order chi connectivity index (χ1) is 9.77. The van der Waals surface area contributed by atoms with E-state index in [0.29, 0.717) is 11.3 Å². The molecular weight excluding hydrogens is 326 g/mol. The van der Waals surface area contributed by atoms with Gasteiger partial charge in [0.15, 0.2) is 0 Å². The van der Waals surface area contributed by atoms with Crippen LogP contribution in [0, 0.1) is 5.82 Å². The summed E-state index contributed by atoms with van der Waals surface area (Å²) in [5.41, 5.74) is 0.679. The van der Waals surface area contributed by atoms with Crippen LogP contribution in [0.25, 0.3) is 0 Å². The lowest BCUT2D eigenvalue weighted by atomic mass is 9.98. The van der Waals surface area contributed by atoms with E-state index in [1.807, 2.05) is 12.1 Å². The molecule has 0 spiro atoms. The Bertz CT molecular complexity index is 454. The molecule has 126 valence electrons. The number of hydrogen-bond donors (Lipinski definition) is 1. The fraction of sp³-hybridized carbons (Fsp3) is 0.500. The summed E-state index contributed by atoms with van der Waals surface area (Å²) in [4.78, 5) is 2.33. The average molecular weight is 351 g/mol. The summed E-state index contributed by atoms with van der Waals surface area (Å²) in [6.07, 6.45) is 3.62. The molecule has 0 bridgehead atoms. The number of nitrogens with zero attached hydrogens (tertiary/aromatic N) is 1. The molecule has 3 nitrogen and oxygen atoms in total. The minimum atomic E-state index is -0.183. The molecule has 1 N–H and O–H groups in total. The van der Waals surface area contributed by atoms with Gasteiger partial charge in [-0.25, -0.2) is 4.39 Å². The fourth-order valence-corrected chi connectivity index (χ4v) is 2.80. The summed E-state index contributed by atoms with van der Waals surface area (Å²) in [5, 5.41) is 3.33. The van der Waals surface area contributed by atoms with E-state index in [2.05, 4.69) is 16.8 Å². The standard InChI is InChI=1S/C16H23FN2O.2ClH/c1-3-4-7-14(19-11-9-18-10-12-19)16-13(17)6-5-8-15(16)20-2;;/h3,5-6,8,14,18H,1,4,7,9-12H2,2H3;2*1H/t14-;;/m1../s1. The maximum atomic E-state index is 14.3. The third-order valence-corrected chi connectivity index (χ3v) is 3.80. The summed E-state index contributed by atoms with van der Waals surface area (Å²) in [5.74, 6) is 0.453. The van der Waals surface area contributed by atoms with Crippen LogP contribution in [-0.4, -0.2) is 38.2 Å².